The third-order valence-electron chi connectivity index (χ3n) is 4.63. The number of rotatable bonds is 5. The number of nitrogens with zero attached hydrogens (tertiary/aromatic N) is 4. The van der Waals surface area contributed by atoms with E-state index in [1.54, 1.807) is 0 Å². The van der Waals surface area contributed by atoms with Crippen molar-refractivity contribution in [3.05, 3.63) is 71.2 Å². The SMILES string of the molecule is CN=C(NCCc1cn2cccc(C)c2n1)N(C)Cc1ccccc1C.I. The van der Waals surface area contributed by atoms with E-state index in [1.165, 1.54) is 16.7 Å². The molecule has 1 aromatic carbocycles. The maximum absolute atomic E-state index is 4.73. The van der Waals surface area contributed by atoms with Gasteiger partial charge in [-0.1, -0.05) is 30.3 Å². The minimum absolute atomic E-state index is 0. The monoisotopic (exact) mass is 477 g/mol. The molecule has 2 aromatic heterocycles. The summed E-state index contributed by atoms with van der Waals surface area (Å²) in [5.74, 6) is 0.896. The van der Waals surface area contributed by atoms with Crippen molar-refractivity contribution in [2.24, 2.45) is 4.99 Å². The number of hydrogen-bond acceptors (Lipinski definition) is 2. The zero-order valence-corrected chi connectivity index (χ0v) is 18.8. The van der Waals surface area contributed by atoms with Crippen LogP contribution in [0.3, 0.4) is 0 Å². The van der Waals surface area contributed by atoms with Crippen molar-refractivity contribution < 1.29 is 0 Å². The van der Waals surface area contributed by atoms with Gasteiger partial charge in [-0.15, -0.1) is 24.0 Å². The molecule has 27 heavy (non-hydrogen) atoms. The molecule has 0 aliphatic rings. The van der Waals surface area contributed by atoms with Crippen LogP contribution in [-0.2, 0) is 13.0 Å². The molecule has 5 nitrogen and oxygen atoms in total. The number of aliphatic imine (C=N–C) groups is 1. The van der Waals surface area contributed by atoms with Gasteiger partial charge in [0.2, 0.25) is 0 Å². The fraction of sp³-hybridized carbons (Fsp3) is 0.333. The molecule has 0 saturated heterocycles. The number of halogens is 1. The van der Waals surface area contributed by atoms with E-state index in [1.807, 2.05) is 13.2 Å². The molecule has 0 fully saturated rings. The number of fused-ring (bicyclic) bond motifs is 1. The van der Waals surface area contributed by atoms with E-state index in [0.717, 1.165) is 36.8 Å². The zero-order valence-electron chi connectivity index (χ0n) is 16.4. The van der Waals surface area contributed by atoms with E-state index < -0.39 is 0 Å². The van der Waals surface area contributed by atoms with Crippen LogP contribution in [0.4, 0.5) is 0 Å². The van der Waals surface area contributed by atoms with Crippen molar-refractivity contribution in [1.29, 1.82) is 0 Å². The fourth-order valence-electron chi connectivity index (χ4n) is 3.13. The summed E-state index contributed by atoms with van der Waals surface area (Å²) >= 11 is 0. The predicted molar refractivity (Wildman–Crippen MR) is 123 cm³/mol. The van der Waals surface area contributed by atoms with Crippen molar-refractivity contribution in [3.8, 4) is 0 Å². The van der Waals surface area contributed by atoms with Gasteiger partial charge in [0.25, 0.3) is 0 Å². The first kappa shape index (κ1) is 21.2. The van der Waals surface area contributed by atoms with Crippen molar-refractivity contribution in [2.75, 3.05) is 20.6 Å². The maximum atomic E-state index is 4.73. The number of hydrogen-bond donors (Lipinski definition) is 1. The maximum Gasteiger partial charge on any atom is 0.193 e. The van der Waals surface area contributed by atoms with Gasteiger partial charge in [0.05, 0.1) is 5.69 Å². The number of imidazole rings is 1. The van der Waals surface area contributed by atoms with Gasteiger partial charge in [-0.25, -0.2) is 4.98 Å². The van der Waals surface area contributed by atoms with Gasteiger partial charge in [0.1, 0.15) is 5.65 Å². The predicted octanol–water partition coefficient (Wildman–Crippen LogP) is 3.82. The highest BCUT2D eigenvalue weighted by Gasteiger charge is 2.09. The second-order valence-corrected chi connectivity index (χ2v) is 6.66. The molecule has 0 unspecified atom stereocenters. The van der Waals surface area contributed by atoms with Crippen LogP contribution in [0.25, 0.3) is 5.65 Å². The highest BCUT2D eigenvalue weighted by molar-refractivity contribution is 14.0. The first-order valence-corrected chi connectivity index (χ1v) is 8.98. The van der Waals surface area contributed by atoms with Gasteiger partial charge in [-0.3, -0.25) is 4.99 Å². The molecule has 2 heterocycles. The summed E-state index contributed by atoms with van der Waals surface area (Å²) in [7, 11) is 3.89. The molecule has 0 saturated carbocycles. The highest BCUT2D eigenvalue weighted by atomic mass is 127. The Bertz CT molecular complexity index is 916. The van der Waals surface area contributed by atoms with Gasteiger partial charge >= 0.3 is 0 Å². The number of nitrogens with one attached hydrogen (secondary N) is 1. The largest absolute Gasteiger partial charge is 0.356 e. The Kier molecular flexibility index (Phi) is 7.65. The summed E-state index contributed by atoms with van der Waals surface area (Å²) in [6.07, 6.45) is 5.00. The summed E-state index contributed by atoms with van der Waals surface area (Å²) in [6, 6.07) is 12.6. The third kappa shape index (κ3) is 5.22. The van der Waals surface area contributed by atoms with Crippen LogP contribution in [0.2, 0.25) is 0 Å². The van der Waals surface area contributed by atoms with Crippen molar-refractivity contribution in [2.45, 2.75) is 26.8 Å². The van der Waals surface area contributed by atoms with Crippen LogP contribution in [0, 0.1) is 13.8 Å². The van der Waals surface area contributed by atoms with Gasteiger partial charge in [-0.2, -0.15) is 0 Å². The van der Waals surface area contributed by atoms with Gasteiger partial charge in [0.15, 0.2) is 5.96 Å². The van der Waals surface area contributed by atoms with Crippen molar-refractivity contribution in [1.82, 2.24) is 19.6 Å². The summed E-state index contributed by atoms with van der Waals surface area (Å²) in [4.78, 5) is 11.3. The van der Waals surface area contributed by atoms with Crippen LogP contribution in [-0.4, -0.2) is 40.9 Å². The molecular weight excluding hydrogens is 449 g/mol. The van der Waals surface area contributed by atoms with Gasteiger partial charge in [-0.05, 0) is 36.6 Å². The third-order valence-corrected chi connectivity index (χ3v) is 4.63. The van der Waals surface area contributed by atoms with Crippen molar-refractivity contribution in [3.63, 3.8) is 0 Å². The van der Waals surface area contributed by atoms with Crippen LogP contribution in [0.1, 0.15) is 22.4 Å². The molecule has 0 bridgehead atoms. The Balaban J connectivity index is 0.00000261. The van der Waals surface area contributed by atoms with E-state index in [4.69, 9.17) is 4.98 Å². The minimum atomic E-state index is 0. The first-order valence-electron chi connectivity index (χ1n) is 8.98. The number of pyridine rings is 1. The minimum Gasteiger partial charge on any atom is -0.356 e. The van der Waals surface area contributed by atoms with Gasteiger partial charge < -0.3 is 14.6 Å². The number of guanidine groups is 1. The molecule has 6 heteroatoms. The lowest BCUT2D eigenvalue weighted by molar-refractivity contribution is 0.476. The lowest BCUT2D eigenvalue weighted by Gasteiger charge is -2.22. The second kappa shape index (κ2) is 9.73. The first-order chi connectivity index (χ1) is 12.6. The van der Waals surface area contributed by atoms with E-state index in [2.05, 4.69) is 83.1 Å². The molecule has 1 N–H and O–H groups in total. The number of aromatic nitrogens is 2. The normalized spacial score (nSPS) is 11.3. The zero-order chi connectivity index (χ0) is 18.5. The second-order valence-electron chi connectivity index (χ2n) is 6.66. The summed E-state index contributed by atoms with van der Waals surface area (Å²) < 4.78 is 2.09. The Morgan fingerprint density at radius 3 is 2.59 bits per heavy atom. The molecule has 3 aromatic rings. The van der Waals surface area contributed by atoms with Crippen molar-refractivity contribution >= 4 is 35.6 Å². The molecule has 3 rings (SSSR count). The summed E-state index contributed by atoms with van der Waals surface area (Å²) in [5, 5.41) is 3.44. The fourth-order valence-corrected chi connectivity index (χ4v) is 3.13. The Labute approximate surface area is 178 Å². The average molecular weight is 477 g/mol. The molecule has 0 spiro atoms. The van der Waals surface area contributed by atoms with Crippen LogP contribution >= 0.6 is 24.0 Å². The molecule has 144 valence electrons. The highest BCUT2D eigenvalue weighted by Crippen LogP contribution is 2.11. The standard InChI is InChI=1S/C21H27N5.HI/c1-16-8-5-6-10-18(16)14-25(4)21(22-3)23-12-11-19-15-26-13-7-9-17(2)20(26)24-19;/h5-10,13,15H,11-12,14H2,1-4H3,(H,22,23);1H. The molecule has 0 aliphatic heterocycles. The molecule has 0 amide bonds. The Hall–Kier alpha value is -2.09. The smallest absolute Gasteiger partial charge is 0.193 e. The molecule has 0 atom stereocenters. The number of aryl methyl sites for hydroxylation is 2. The average Bonchev–Trinajstić information content (AvgIpc) is 3.05. The lowest BCUT2D eigenvalue weighted by Crippen LogP contribution is -2.39. The summed E-state index contributed by atoms with van der Waals surface area (Å²) in [5.41, 5.74) is 5.93. The topological polar surface area (TPSA) is 44.9 Å². The van der Waals surface area contributed by atoms with E-state index in [-0.39, 0.29) is 24.0 Å². The Morgan fingerprint density at radius 2 is 1.89 bits per heavy atom. The van der Waals surface area contributed by atoms with Crippen LogP contribution in [0.5, 0.6) is 0 Å². The lowest BCUT2D eigenvalue weighted by atomic mass is 10.1. The van der Waals surface area contributed by atoms with Gasteiger partial charge in [0, 0.05) is 46.0 Å². The van der Waals surface area contributed by atoms with Crippen LogP contribution in [0.15, 0.2) is 53.8 Å². The van der Waals surface area contributed by atoms with E-state index in [0.29, 0.717) is 0 Å². The Morgan fingerprint density at radius 1 is 1.15 bits per heavy atom. The molecular formula is C21H28IN5. The summed E-state index contributed by atoms with van der Waals surface area (Å²) in [6.45, 7) is 5.87. The molecule has 0 aliphatic carbocycles. The van der Waals surface area contributed by atoms with E-state index >= 15 is 0 Å². The quantitative estimate of drug-likeness (QED) is 0.345. The van der Waals surface area contributed by atoms with E-state index in [9.17, 15) is 0 Å². The van der Waals surface area contributed by atoms with Crippen LogP contribution < -0.4 is 5.32 Å². The molecule has 0 radical (unpaired) electrons. The number of benzene rings is 1.